The third-order valence-corrected chi connectivity index (χ3v) is 12.7. The maximum atomic E-state index is 13.9. The zero-order valence-corrected chi connectivity index (χ0v) is 28.0. The summed E-state index contributed by atoms with van der Waals surface area (Å²) in [7, 11) is -0.173. The molecule has 1 heterocycles. The van der Waals surface area contributed by atoms with E-state index in [2.05, 4.69) is 135 Å². The summed E-state index contributed by atoms with van der Waals surface area (Å²) in [5, 5.41) is 3.77. The average molecular weight is 618 g/mol. The van der Waals surface area contributed by atoms with E-state index >= 15 is 0 Å². The second kappa shape index (κ2) is 12.1. The van der Waals surface area contributed by atoms with Gasteiger partial charge in [0, 0.05) is 34.5 Å². The van der Waals surface area contributed by atoms with Crippen LogP contribution in [0.25, 0.3) is 0 Å². The number of fused-ring (bicyclic) bond motifs is 2. The minimum atomic E-state index is -1.26. The van der Waals surface area contributed by atoms with Crippen LogP contribution in [0.4, 0.5) is 0 Å². The quantitative estimate of drug-likeness (QED) is 0.172. The van der Waals surface area contributed by atoms with Gasteiger partial charge in [-0.3, -0.25) is 0 Å². The van der Waals surface area contributed by atoms with Crippen molar-refractivity contribution in [2.75, 3.05) is 7.05 Å². The van der Waals surface area contributed by atoms with Crippen LogP contribution in [0.1, 0.15) is 62.9 Å². The van der Waals surface area contributed by atoms with E-state index in [0.29, 0.717) is 0 Å². The molecule has 224 valence electrons. The van der Waals surface area contributed by atoms with Gasteiger partial charge >= 0.3 is 0 Å². The van der Waals surface area contributed by atoms with Crippen molar-refractivity contribution in [1.82, 2.24) is 4.31 Å². The van der Waals surface area contributed by atoms with Gasteiger partial charge in [-0.2, -0.15) is 0 Å². The number of rotatable bonds is 7. The van der Waals surface area contributed by atoms with Gasteiger partial charge < -0.3 is 4.74 Å². The summed E-state index contributed by atoms with van der Waals surface area (Å²) in [5.74, 6) is 1.79. The van der Waals surface area contributed by atoms with E-state index in [1.54, 1.807) is 0 Å². The van der Waals surface area contributed by atoms with Crippen LogP contribution in [0.15, 0.2) is 127 Å². The Bertz CT molecular complexity index is 1740. The van der Waals surface area contributed by atoms with Crippen molar-refractivity contribution in [3.63, 3.8) is 0 Å². The molecule has 6 rings (SSSR count). The third kappa shape index (κ3) is 5.56. The molecule has 1 aliphatic rings. The highest BCUT2D eigenvalue weighted by Gasteiger charge is 2.40. The normalized spacial score (nSPS) is 15.3. The van der Waals surface area contributed by atoms with Crippen LogP contribution in [0.3, 0.4) is 0 Å². The molecule has 0 saturated carbocycles. The molecular weight excluding hydrogens is 577 g/mol. The lowest BCUT2D eigenvalue weighted by Crippen LogP contribution is -2.38. The minimum absolute atomic E-state index is 0.263. The Labute approximate surface area is 266 Å². The van der Waals surface area contributed by atoms with E-state index in [4.69, 9.17) is 4.74 Å². The summed E-state index contributed by atoms with van der Waals surface area (Å²) in [6.07, 6.45) is 0. The molecule has 5 heteroatoms. The highest BCUT2D eigenvalue weighted by atomic mass is 32.2. The Morgan fingerprint density at radius 3 is 1.73 bits per heavy atom. The zero-order valence-electron chi connectivity index (χ0n) is 26.3. The molecule has 0 fully saturated rings. The lowest BCUT2D eigenvalue weighted by molar-refractivity contribution is 0.389. The maximum Gasteiger partial charge on any atom is 0.139 e. The predicted molar refractivity (Wildman–Crippen MR) is 188 cm³/mol. The SMILES string of the molecule is CN([C@@H](c1ccccc1)c1cccc2c1Oc1c(P(c3ccccc3)c3ccccc3)cccc1C2(C)C)S(=O)C(C)(C)C. The Balaban J connectivity index is 1.57. The van der Waals surface area contributed by atoms with Crippen molar-refractivity contribution in [2.24, 2.45) is 0 Å². The van der Waals surface area contributed by atoms with Crippen LogP contribution >= 0.6 is 7.92 Å². The van der Waals surface area contributed by atoms with E-state index in [-0.39, 0.29) is 11.5 Å². The molecule has 5 aromatic carbocycles. The van der Waals surface area contributed by atoms with E-state index in [9.17, 15) is 4.21 Å². The second-order valence-electron chi connectivity index (χ2n) is 12.8. The van der Waals surface area contributed by atoms with Crippen LogP contribution in [0.5, 0.6) is 11.5 Å². The van der Waals surface area contributed by atoms with Gasteiger partial charge in [0.05, 0.1) is 10.8 Å². The number of hydrogen-bond acceptors (Lipinski definition) is 2. The van der Waals surface area contributed by atoms with E-state index in [1.165, 1.54) is 21.5 Å². The van der Waals surface area contributed by atoms with E-state index in [1.807, 2.05) is 38.2 Å². The standard InChI is InChI=1S/C39H40NO2PS/c1-38(2,3)44(41)40(6)35(28-18-10-7-11-19-28)31-24-16-25-32-36(31)42-37-33(39(32,4)5)26-17-27-34(37)43(29-20-12-8-13-21-29)30-22-14-9-15-23-30/h7-27,35H,1-6H3/t35-,44?/m0/s1. The summed E-state index contributed by atoms with van der Waals surface area (Å²) < 4.78 is 22.7. The van der Waals surface area contributed by atoms with Crippen molar-refractivity contribution < 1.29 is 8.95 Å². The van der Waals surface area contributed by atoms with E-state index in [0.717, 1.165) is 28.2 Å². The molecule has 5 aromatic rings. The lowest BCUT2D eigenvalue weighted by Gasteiger charge is -2.40. The van der Waals surface area contributed by atoms with Crippen LogP contribution in [-0.2, 0) is 16.4 Å². The molecule has 2 atom stereocenters. The first kappa shape index (κ1) is 30.5. The topological polar surface area (TPSA) is 29.5 Å². The summed E-state index contributed by atoms with van der Waals surface area (Å²) in [6, 6.07) is 44.8. The lowest BCUT2D eigenvalue weighted by atomic mass is 9.74. The van der Waals surface area contributed by atoms with Crippen LogP contribution in [0.2, 0.25) is 0 Å². The van der Waals surface area contributed by atoms with Gasteiger partial charge in [0.15, 0.2) is 0 Å². The van der Waals surface area contributed by atoms with Crippen molar-refractivity contribution in [2.45, 2.75) is 50.8 Å². The van der Waals surface area contributed by atoms with Crippen molar-refractivity contribution in [3.05, 3.63) is 150 Å². The van der Waals surface area contributed by atoms with Crippen molar-refractivity contribution >= 4 is 34.8 Å². The molecule has 44 heavy (non-hydrogen) atoms. The van der Waals surface area contributed by atoms with Gasteiger partial charge in [0.2, 0.25) is 0 Å². The van der Waals surface area contributed by atoms with Gasteiger partial charge in [-0.1, -0.05) is 141 Å². The molecule has 0 spiro atoms. The summed E-state index contributed by atoms with van der Waals surface area (Å²) >= 11 is 0. The first-order chi connectivity index (χ1) is 21.1. The highest BCUT2D eigenvalue weighted by molar-refractivity contribution is 7.84. The number of hydrogen-bond donors (Lipinski definition) is 0. The Morgan fingerprint density at radius 2 is 1.18 bits per heavy atom. The van der Waals surface area contributed by atoms with Crippen LogP contribution in [-0.4, -0.2) is 20.3 Å². The Hall–Kier alpha value is -3.56. The molecule has 0 aliphatic carbocycles. The number of ether oxygens (including phenoxy) is 1. The van der Waals surface area contributed by atoms with Crippen molar-refractivity contribution in [3.8, 4) is 11.5 Å². The number of benzene rings is 5. The second-order valence-corrected chi connectivity index (χ2v) is 17.3. The summed E-state index contributed by atoms with van der Waals surface area (Å²) in [5.41, 5.74) is 4.11. The first-order valence-corrected chi connectivity index (χ1v) is 17.6. The molecule has 3 nitrogen and oxygen atoms in total. The fourth-order valence-corrected chi connectivity index (χ4v) is 9.94. The molecular formula is C39H40NO2PS. The Kier molecular flexibility index (Phi) is 8.37. The molecule has 1 aliphatic heterocycles. The molecule has 0 amide bonds. The molecule has 0 N–H and O–H groups in total. The molecule has 1 unspecified atom stereocenters. The average Bonchev–Trinajstić information content (AvgIpc) is 3.03. The van der Waals surface area contributed by atoms with Gasteiger partial charge in [-0.15, -0.1) is 0 Å². The monoisotopic (exact) mass is 617 g/mol. The number of nitrogens with zero attached hydrogens (tertiary/aromatic N) is 1. The third-order valence-electron chi connectivity index (χ3n) is 8.42. The molecule has 0 saturated heterocycles. The molecule has 0 aromatic heterocycles. The van der Waals surface area contributed by atoms with Gasteiger partial charge in [0.25, 0.3) is 0 Å². The van der Waals surface area contributed by atoms with Crippen LogP contribution in [0, 0.1) is 0 Å². The van der Waals surface area contributed by atoms with Gasteiger partial charge in [0.1, 0.15) is 22.5 Å². The molecule has 0 radical (unpaired) electrons. The minimum Gasteiger partial charge on any atom is -0.456 e. The molecule has 0 bridgehead atoms. The summed E-state index contributed by atoms with van der Waals surface area (Å²) in [6.45, 7) is 10.7. The summed E-state index contributed by atoms with van der Waals surface area (Å²) in [4.78, 5) is 0. The number of para-hydroxylation sites is 2. The Morgan fingerprint density at radius 1 is 0.682 bits per heavy atom. The van der Waals surface area contributed by atoms with Crippen molar-refractivity contribution in [1.29, 1.82) is 0 Å². The maximum absolute atomic E-state index is 13.9. The fraction of sp³-hybridized carbons (Fsp3) is 0.231. The van der Waals surface area contributed by atoms with E-state index < -0.39 is 23.7 Å². The smallest absolute Gasteiger partial charge is 0.139 e. The highest BCUT2D eigenvalue weighted by Crippen LogP contribution is 2.53. The first-order valence-electron chi connectivity index (χ1n) is 15.1. The largest absolute Gasteiger partial charge is 0.456 e. The predicted octanol–water partition coefficient (Wildman–Crippen LogP) is 8.36. The fourth-order valence-electron chi connectivity index (χ4n) is 6.25. The van der Waals surface area contributed by atoms with Crippen LogP contribution < -0.4 is 20.7 Å². The van der Waals surface area contributed by atoms with Gasteiger partial charge in [-0.05, 0) is 44.9 Å². The zero-order chi connectivity index (χ0) is 31.1. The van der Waals surface area contributed by atoms with Gasteiger partial charge in [-0.25, -0.2) is 8.51 Å².